The van der Waals surface area contributed by atoms with Crippen molar-refractivity contribution in [1.29, 1.82) is 0 Å². The molecule has 1 aromatic heterocycles. The Balaban J connectivity index is 1.64. The van der Waals surface area contributed by atoms with Gasteiger partial charge in [0.1, 0.15) is 0 Å². The van der Waals surface area contributed by atoms with Crippen molar-refractivity contribution in [3.05, 3.63) is 63.9 Å². The molecule has 0 radical (unpaired) electrons. The van der Waals surface area contributed by atoms with Crippen LogP contribution < -0.4 is 5.32 Å². The third-order valence-electron chi connectivity index (χ3n) is 4.16. The van der Waals surface area contributed by atoms with E-state index in [4.69, 9.17) is 11.6 Å². The molecule has 1 amide bonds. The molecular weight excluding hydrogens is 310 g/mol. The second-order valence-electron chi connectivity index (χ2n) is 5.95. The number of halogens is 1. The number of aromatic nitrogens is 1. The highest BCUT2D eigenvalue weighted by molar-refractivity contribution is 6.30. The van der Waals surface area contributed by atoms with E-state index in [0.29, 0.717) is 12.1 Å². The summed E-state index contributed by atoms with van der Waals surface area (Å²) in [5.41, 5.74) is 4.12. The number of carbonyl (C=O) groups excluding carboxylic acids is 1. The van der Waals surface area contributed by atoms with Crippen LogP contribution in [0.1, 0.15) is 27.0 Å². The van der Waals surface area contributed by atoms with Gasteiger partial charge in [0, 0.05) is 37.1 Å². The molecule has 0 saturated heterocycles. The van der Waals surface area contributed by atoms with Crippen molar-refractivity contribution in [3.8, 4) is 0 Å². The molecule has 23 heavy (non-hydrogen) atoms. The van der Waals surface area contributed by atoms with Crippen LogP contribution >= 0.6 is 11.6 Å². The summed E-state index contributed by atoms with van der Waals surface area (Å²) in [7, 11) is 2.08. The van der Waals surface area contributed by atoms with Crippen LogP contribution in [0.15, 0.2) is 36.7 Å². The molecule has 0 atom stereocenters. The maximum absolute atomic E-state index is 12.5. The monoisotopic (exact) mass is 329 g/mol. The average Bonchev–Trinajstić information content (AvgIpc) is 2.54. The summed E-state index contributed by atoms with van der Waals surface area (Å²) in [5, 5.41) is 3.71. The molecule has 120 valence electrons. The molecule has 0 fully saturated rings. The van der Waals surface area contributed by atoms with E-state index in [-0.39, 0.29) is 5.91 Å². The molecule has 5 heteroatoms. The van der Waals surface area contributed by atoms with Crippen LogP contribution in [0, 0.1) is 0 Å². The molecular formula is C18H20ClN3O. The predicted octanol–water partition coefficient (Wildman–Crippen LogP) is 2.70. The molecule has 1 aliphatic rings. The lowest BCUT2D eigenvalue weighted by Crippen LogP contribution is -2.31. The number of hydrogen-bond donors (Lipinski definition) is 1. The Morgan fingerprint density at radius 2 is 2.26 bits per heavy atom. The Labute approximate surface area is 141 Å². The van der Waals surface area contributed by atoms with Crippen molar-refractivity contribution in [2.75, 3.05) is 20.1 Å². The summed E-state index contributed by atoms with van der Waals surface area (Å²) in [6, 6.07) is 7.71. The van der Waals surface area contributed by atoms with E-state index >= 15 is 0 Å². The lowest BCUT2D eigenvalue weighted by molar-refractivity contribution is 0.0952. The van der Waals surface area contributed by atoms with Crippen molar-refractivity contribution in [3.63, 3.8) is 0 Å². The summed E-state index contributed by atoms with van der Waals surface area (Å²) < 4.78 is 0. The number of fused-ring (bicyclic) bond motifs is 1. The summed E-state index contributed by atoms with van der Waals surface area (Å²) in [6.07, 6.45) is 5.20. The largest absolute Gasteiger partial charge is 0.352 e. The summed E-state index contributed by atoms with van der Waals surface area (Å²) in [6.45, 7) is 2.41. The minimum atomic E-state index is -0.0408. The third-order valence-corrected chi connectivity index (χ3v) is 4.40. The summed E-state index contributed by atoms with van der Waals surface area (Å²) >= 11 is 5.97. The number of pyridine rings is 1. The molecule has 3 rings (SSSR count). The van der Waals surface area contributed by atoms with Crippen LogP contribution in [0.4, 0.5) is 0 Å². The van der Waals surface area contributed by atoms with Gasteiger partial charge in [-0.3, -0.25) is 9.78 Å². The lowest BCUT2D eigenvalue weighted by Gasteiger charge is -2.26. The molecule has 0 bridgehead atoms. The predicted molar refractivity (Wildman–Crippen MR) is 91.8 cm³/mol. The molecule has 4 nitrogen and oxygen atoms in total. The van der Waals surface area contributed by atoms with E-state index in [1.807, 2.05) is 30.5 Å². The average molecular weight is 330 g/mol. The molecule has 0 saturated carbocycles. The van der Waals surface area contributed by atoms with Crippen LogP contribution in [0.5, 0.6) is 0 Å². The van der Waals surface area contributed by atoms with Crippen LogP contribution in [0.3, 0.4) is 0 Å². The highest BCUT2D eigenvalue weighted by Crippen LogP contribution is 2.20. The number of nitrogens with one attached hydrogen (secondary N) is 1. The first-order valence-corrected chi connectivity index (χ1v) is 8.18. The molecule has 2 heterocycles. The molecule has 0 aliphatic carbocycles. The van der Waals surface area contributed by atoms with E-state index in [2.05, 4.69) is 22.2 Å². The summed E-state index contributed by atoms with van der Waals surface area (Å²) in [5.74, 6) is -0.0408. The highest BCUT2D eigenvalue weighted by Gasteiger charge is 2.20. The zero-order chi connectivity index (χ0) is 16.2. The summed E-state index contributed by atoms with van der Waals surface area (Å²) in [4.78, 5) is 18.9. The first kappa shape index (κ1) is 16.0. The van der Waals surface area contributed by atoms with Gasteiger partial charge in [0.2, 0.25) is 0 Å². The number of nitrogens with zero attached hydrogens (tertiary/aromatic N) is 2. The van der Waals surface area contributed by atoms with Crippen molar-refractivity contribution in [2.45, 2.75) is 19.4 Å². The Kier molecular flexibility index (Phi) is 4.94. The number of carbonyl (C=O) groups is 1. The van der Waals surface area contributed by atoms with E-state index in [0.717, 1.165) is 47.6 Å². The second-order valence-corrected chi connectivity index (χ2v) is 6.38. The van der Waals surface area contributed by atoms with Crippen LogP contribution in [-0.2, 0) is 19.4 Å². The van der Waals surface area contributed by atoms with Crippen molar-refractivity contribution in [2.24, 2.45) is 0 Å². The quantitative estimate of drug-likeness (QED) is 0.938. The Hall–Kier alpha value is -1.91. The molecule has 1 aliphatic heterocycles. The van der Waals surface area contributed by atoms with Crippen LogP contribution in [-0.4, -0.2) is 35.9 Å². The molecule has 1 N–H and O–H groups in total. The topological polar surface area (TPSA) is 45.2 Å². The SMILES string of the molecule is CN1CCc2c(cncc2C(=O)NCCc2cccc(Cl)c2)C1. The zero-order valence-corrected chi connectivity index (χ0v) is 13.9. The standard InChI is InChI=1S/C18H20ClN3O/c1-22-8-6-16-14(12-22)10-20-11-17(16)18(23)21-7-5-13-3-2-4-15(19)9-13/h2-4,9-11H,5-8,12H2,1H3,(H,21,23). The first-order valence-electron chi connectivity index (χ1n) is 7.80. The molecule has 1 aromatic carbocycles. The number of likely N-dealkylation sites (N-methyl/N-ethyl adjacent to an activating group) is 1. The van der Waals surface area contributed by atoms with Gasteiger partial charge in [-0.15, -0.1) is 0 Å². The van der Waals surface area contributed by atoms with Gasteiger partial charge < -0.3 is 10.2 Å². The number of benzene rings is 1. The van der Waals surface area contributed by atoms with E-state index in [1.54, 1.807) is 6.20 Å². The molecule has 2 aromatic rings. The van der Waals surface area contributed by atoms with E-state index in [1.165, 1.54) is 0 Å². The molecule has 0 unspecified atom stereocenters. The minimum Gasteiger partial charge on any atom is -0.352 e. The molecule has 0 spiro atoms. The van der Waals surface area contributed by atoms with Gasteiger partial charge in [-0.2, -0.15) is 0 Å². The third kappa shape index (κ3) is 3.89. The van der Waals surface area contributed by atoms with E-state index < -0.39 is 0 Å². The van der Waals surface area contributed by atoms with Gasteiger partial charge >= 0.3 is 0 Å². The van der Waals surface area contributed by atoms with Gasteiger partial charge in [0.25, 0.3) is 5.91 Å². The Morgan fingerprint density at radius 1 is 1.39 bits per heavy atom. The maximum atomic E-state index is 12.5. The fraction of sp³-hybridized carbons (Fsp3) is 0.333. The minimum absolute atomic E-state index is 0.0408. The Morgan fingerprint density at radius 3 is 3.09 bits per heavy atom. The number of rotatable bonds is 4. The zero-order valence-electron chi connectivity index (χ0n) is 13.2. The van der Waals surface area contributed by atoms with E-state index in [9.17, 15) is 4.79 Å². The van der Waals surface area contributed by atoms with Gasteiger partial charge in [0.05, 0.1) is 5.56 Å². The van der Waals surface area contributed by atoms with Gasteiger partial charge in [-0.1, -0.05) is 23.7 Å². The van der Waals surface area contributed by atoms with Crippen LogP contribution in [0.2, 0.25) is 5.02 Å². The van der Waals surface area contributed by atoms with Crippen molar-refractivity contribution < 1.29 is 4.79 Å². The van der Waals surface area contributed by atoms with Gasteiger partial charge in [0.15, 0.2) is 0 Å². The van der Waals surface area contributed by atoms with Crippen molar-refractivity contribution in [1.82, 2.24) is 15.2 Å². The smallest absolute Gasteiger partial charge is 0.253 e. The first-order chi connectivity index (χ1) is 11.1. The van der Waals surface area contributed by atoms with Gasteiger partial charge in [-0.25, -0.2) is 0 Å². The lowest BCUT2D eigenvalue weighted by atomic mass is 9.97. The van der Waals surface area contributed by atoms with Crippen molar-refractivity contribution >= 4 is 17.5 Å². The second kappa shape index (κ2) is 7.11. The number of hydrogen-bond acceptors (Lipinski definition) is 3. The normalized spacial score (nSPS) is 14.3. The fourth-order valence-electron chi connectivity index (χ4n) is 2.94. The van der Waals surface area contributed by atoms with Crippen LogP contribution in [0.25, 0.3) is 0 Å². The number of amides is 1. The fourth-order valence-corrected chi connectivity index (χ4v) is 3.15. The maximum Gasteiger partial charge on any atom is 0.253 e. The highest BCUT2D eigenvalue weighted by atomic mass is 35.5. The van der Waals surface area contributed by atoms with Gasteiger partial charge in [-0.05, 0) is 48.7 Å². The Bertz CT molecular complexity index is 717.